The smallest absolute Gasteiger partial charge is 0.462 e. The van der Waals surface area contributed by atoms with E-state index in [9.17, 15) is 43.2 Å². The summed E-state index contributed by atoms with van der Waals surface area (Å²) in [6.45, 7) is 11.9. The molecule has 7 atom stereocenters. The van der Waals surface area contributed by atoms with Crippen molar-refractivity contribution in [2.45, 2.75) is 388 Å². The molecule has 0 saturated heterocycles. The van der Waals surface area contributed by atoms with E-state index in [0.717, 1.165) is 108 Å². The Morgan fingerprint density at radius 1 is 0.315 bits per heavy atom. The van der Waals surface area contributed by atoms with Crippen LogP contribution >= 0.6 is 15.6 Å². The number of phosphoric acid groups is 2. The molecular weight excluding hydrogens is 1210 g/mol. The van der Waals surface area contributed by atoms with Gasteiger partial charge >= 0.3 is 39.5 Å². The highest BCUT2D eigenvalue weighted by Gasteiger charge is 2.30. The molecule has 0 aliphatic carbocycles. The molecule has 3 N–H and O–H groups in total. The Kier molecular flexibility index (Phi) is 62.4. The first-order valence-corrected chi connectivity index (χ1v) is 40.9. The molecule has 0 bridgehead atoms. The van der Waals surface area contributed by atoms with Gasteiger partial charge in [0.15, 0.2) is 12.2 Å². The fraction of sp³-hybridized carbons (Fsp3) is 0.945. The number of hydrogen-bond acceptors (Lipinski definition) is 15. The summed E-state index contributed by atoms with van der Waals surface area (Å²) in [6.07, 6.45) is 48.4. The molecule has 92 heavy (non-hydrogen) atoms. The second-order valence-electron chi connectivity index (χ2n) is 27.3. The van der Waals surface area contributed by atoms with Crippen molar-refractivity contribution in [1.82, 2.24) is 0 Å². The van der Waals surface area contributed by atoms with Crippen LogP contribution in [0.1, 0.15) is 370 Å². The van der Waals surface area contributed by atoms with Crippen molar-refractivity contribution < 1.29 is 80.2 Å². The summed E-state index contributed by atoms with van der Waals surface area (Å²) in [5.41, 5.74) is 0. The number of hydrogen-bond donors (Lipinski definition) is 3. The zero-order chi connectivity index (χ0) is 68.0. The van der Waals surface area contributed by atoms with Gasteiger partial charge in [0.05, 0.1) is 26.4 Å². The first-order chi connectivity index (χ1) is 44.3. The van der Waals surface area contributed by atoms with E-state index in [0.29, 0.717) is 25.7 Å². The minimum Gasteiger partial charge on any atom is -0.462 e. The normalized spacial score (nSPS) is 14.7. The summed E-state index contributed by atoms with van der Waals surface area (Å²) >= 11 is 0. The van der Waals surface area contributed by atoms with Gasteiger partial charge in [0.25, 0.3) is 0 Å². The van der Waals surface area contributed by atoms with Crippen LogP contribution in [0.15, 0.2) is 0 Å². The Bertz CT molecular complexity index is 1810. The fourth-order valence-corrected chi connectivity index (χ4v) is 12.6. The van der Waals surface area contributed by atoms with Gasteiger partial charge in [-0.1, -0.05) is 318 Å². The predicted octanol–water partition coefficient (Wildman–Crippen LogP) is 21.0. The van der Waals surface area contributed by atoms with E-state index >= 15 is 0 Å². The average Bonchev–Trinajstić information content (AvgIpc) is 3.05. The number of aliphatic hydroxyl groups is 1. The average molecular weight is 1350 g/mol. The number of aliphatic hydroxyl groups excluding tert-OH is 1. The number of unbranched alkanes of at least 4 members (excludes halogenated alkanes) is 37. The Hall–Kier alpha value is -1.94. The fourth-order valence-electron chi connectivity index (χ4n) is 11.0. The number of carbonyl (C=O) groups is 4. The molecule has 0 radical (unpaired) electrons. The maximum absolute atomic E-state index is 13.1. The molecule has 0 aliphatic rings. The van der Waals surface area contributed by atoms with Crippen molar-refractivity contribution in [3.8, 4) is 0 Å². The van der Waals surface area contributed by atoms with Crippen molar-refractivity contribution in [3.63, 3.8) is 0 Å². The molecule has 4 unspecified atom stereocenters. The SMILES string of the molecule is CCCCCCCCCCCCCCCCCC(=O)O[C@H](COC(=O)CCCCCCCCCCCCC(C)CC)COP(=O)(O)OC[C@@H](O)COP(=O)(O)OC[C@@H](COC(=O)CCCCCCCCCCC(C)C)OC(=O)CCCCCCCCCCC(C)CC. The minimum absolute atomic E-state index is 0.104. The Morgan fingerprint density at radius 2 is 0.554 bits per heavy atom. The van der Waals surface area contributed by atoms with Gasteiger partial charge in [0.2, 0.25) is 0 Å². The number of ether oxygens (including phenoxy) is 4. The van der Waals surface area contributed by atoms with Gasteiger partial charge < -0.3 is 33.8 Å². The lowest BCUT2D eigenvalue weighted by Crippen LogP contribution is -2.30. The summed E-state index contributed by atoms with van der Waals surface area (Å²) < 4.78 is 68.4. The number of esters is 4. The standard InChI is InChI=1S/C73H142O17P2/c1-8-11-12-13-14-15-16-17-18-19-20-25-35-42-49-56-72(77)89-68(60-83-70(75)54-47-40-33-24-22-21-23-31-38-45-52-65(6)9-2)62-87-91(79,80)85-58-67(74)59-86-92(81,82)88-63-69(61-84-71(76)55-48-41-34-28-26-30-37-44-51-64(4)5)90-73(78)57-50-43-36-29-27-32-39-46-53-66(7)10-3/h64-69,74H,8-63H2,1-7H3,(H,79,80)(H,81,82)/t65?,66?,67-,68-,69-/m1/s1. The third kappa shape index (κ3) is 64.1. The second kappa shape index (κ2) is 63.8. The molecule has 0 heterocycles. The third-order valence-electron chi connectivity index (χ3n) is 17.6. The highest BCUT2D eigenvalue weighted by molar-refractivity contribution is 7.47. The molecule has 0 fully saturated rings. The summed E-state index contributed by atoms with van der Waals surface area (Å²) in [5.74, 6) is 0.183. The quantitative estimate of drug-likeness (QED) is 0.0222. The molecule has 0 aromatic carbocycles. The highest BCUT2D eigenvalue weighted by atomic mass is 31.2. The highest BCUT2D eigenvalue weighted by Crippen LogP contribution is 2.45. The lowest BCUT2D eigenvalue weighted by Gasteiger charge is -2.21. The summed E-state index contributed by atoms with van der Waals surface area (Å²) in [5, 5.41) is 10.6. The van der Waals surface area contributed by atoms with Gasteiger partial charge in [-0.15, -0.1) is 0 Å². The van der Waals surface area contributed by atoms with Gasteiger partial charge in [-0.25, -0.2) is 9.13 Å². The van der Waals surface area contributed by atoms with Crippen LogP contribution in [0, 0.1) is 17.8 Å². The zero-order valence-electron chi connectivity index (χ0n) is 60.0. The maximum Gasteiger partial charge on any atom is 0.472 e. The first kappa shape index (κ1) is 90.1. The molecule has 0 spiro atoms. The number of carbonyl (C=O) groups excluding carboxylic acids is 4. The lowest BCUT2D eigenvalue weighted by molar-refractivity contribution is -0.161. The van der Waals surface area contributed by atoms with E-state index < -0.39 is 97.5 Å². The third-order valence-corrected chi connectivity index (χ3v) is 19.5. The number of phosphoric ester groups is 2. The van der Waals surface area contributed by atoms with Crippen molar-refractivity contribution in [1.29, 1.82) is 0 Å². The van der Waals surface area contributed by atoms with E-state index in [-0.39, 0.29) is 25.7 Å². The molecule has 0 saturated carbocycles. The van der Waals surface area contributed by atoms with Crippen LogP contribution < -0.4 is 0 Å². The van der Waals surface area contributed by atoms with E-state index in [2.05, 4.69) is 48.5 Å². The first-order valence-electron chi connectivity index (χ1n) is 37.9. The number of rotatable bonds is 71. The monoisotopic (exact) mass is 1350 g/mol. The molecule has 0 amide bonds. The lowest BCUT2D eigenvalue weighted by atomic mass is 9.99. The van der Waals surface area contributed by atoms with Crippen LogP contribution in [0.25, 0.3) is 0 Å². The van der Waals surface area contributed by atoms with Gasteiger partial charge in [-0.2, -0.15) is 0 Å². The van der Waals surface area contributed by atoms with E-state index in [1.54, 1.807) is 0 Å². The van der Waals surface area contributed by atoms with Gasteiger partial charge in [0.1, 0.15) is 19.3 Å². The van der Waals surface area contributed by atoms with Gasteiger partial charge in [0, 0.05) is 25.7 Å². The topological polar surface area (TPSA) is 237 Å². The largest absolute Gasteiger partial charge is 0.472 e. The summed E-state index contributed by atoms with van der Waals surface area (Å²) in [6, 6.07) is 0. The van der Waals surface area contributed by atoms with Crippen LogP contribution in [-0.2, 0) is 65.4 Å². The molecule has 0 aromatic rings. The Labute approximate surface area is 562 Å². The molecule has 0 rings (SSSR count). The predicted molar refractivity (Wildman–Crippen MR) is 372 cm³/mol. The molecule has 19 heteroatoms. The van der Waals surface area contributed by atoms with Crippen LogP contribution in [0.5, 0.6) is 0 Å². The van der Waals surface area contributed by atoms with Crippen molar-refractivity contribution in [2.24, 2.45) is 17.8 Å². The van der Waals surface area contributed by atoms with Crippen LogP contribution in [0.2, 0.25) is 0 Å². The van der Waals surface area contributed by atoms with Crippen LogP contribution in [0.4, 0.5) is 0 Å². The van der Waals surface area contributed by atoms with Crippen LogP contribution in [-0.4, -0.2) is 96.7 Å². The molecular formula is C73H142O17P2. The van der Waals surface area contributed by atoms with Crippen molar-refractivity contribution in [2.75, 3.05) is 39.6 Å². The second-order valence-corrected chi connectivity index (χ2v) is 30.2. The maximum atomic E-state index is 13.1. The molecule has 17 nitrogen and oxygen atoms in total. The van der Waals surface area contributed by atoms with Crippen molar-refractivity contribution in [3.05, 3.63) is 0 Å². The van der Waals surface area contributed by atoms with E-state index in [4.69, 9.17) is 37.0 Å². The van der Waals surface area contributed by atoms with Crippen LogP contribution in [0.3, 0.4) is 0 Å². The molecule has 0 aromatic heterocycles. The molecule has 0 aliphatic heterocycles. The Morgan fingerprint density at radius 3 is 0.826 bits per heavy atom. The summed E-state index contributed by atoms with van der Waals surface area (Å²) in [4.78, 5) is 72.7. The van der Waals surface area contributed by atoms with E-state index in [1.165, 1.54) is 180 Å². The minimum atomic E-state index is -4.96. The van der Waals surface area contributed by atoms with Crippen molar-refractivity contribution >= 4 is 39.5 Å². The summed E-state index contributed by atoms with van der Waals surface area (Å²) in [7, 11) is -9.91. The molecule has 546 valence electrons. The van der Waals surface area contributed by atoms with E-state index in [1.807, 2.05) is 0 Å². The van der Waals surface area contributed by atoms with Gasteiger partial charge in [-0.3, -0.25) is 37.3 Å². The Balaban J connectivity index is 5.27. The van der Waals surface area contributed by atoms with Gasteiger partial charge in [-0.05, 0) is 43.4 Å². The zero-order valence-corrected chi connectivity index (χ0v) is 61.8.